The Bertz CT molecular complexity index is 2640. The summed E-state index contributed by atoms with van der Waals surface area (Å²) in [6.45, 7) is 2.79. The summed E-state index contributed by atoms with van der Waals surface area (Å²) in [5.41, 5.74) is 17.3. The maximum atomic E-state index is 6.92. The number of benzene rings is 7. The van der Waals surface area contributed by atoms with E-state index in [4.69, 9.17) is 14.6 Å². The van der Waals surface area contributed by atoms with Gasteiger partial charge in [-0.05, 0) is 58.5 Å². The van der Waals surface area contributed by atoms with Crippen LogP contribution in [0.5, 0.6) is 0 Å². The zero-order valence-electron chi connectivity index (χ0n) is 28.3. The van der Waals surface area contributed by atoms with Gasteiger partial charge in [0.2, 0.25) is 0 Å². The van der Waals surface area contributed by atoms with E-state index < -0.39 is 11.8 Å². The molecule has 2 atom stereocenters. The van der Waals surface area contributed by atoms with Crippen molar-refractivity contribution in [1.29, 1.82) is 0 Å². The van der Waals surface area contributed by atoms with Crippen LogP contribution < -0.4 is 16.4 Å². The summed E-state index contributed by atoms with van der Waals surface area (Å²) in [6, 6.07) is 56.6. The summed E-state index contributed by atoms with van der Waals surface area (Å²) in [7, 11) is 0. The molecule has 0 aliphatic heterocycles. The molecular formula is C46H37N3O2. The Morgan fingerprint density at radius 1 is 0.569 bits per heavy atom. The number of furan rings is 2. The van der Waals surface area contributed by atoms with Gasteiger partial charge in [-0.15, -0.1) is 0 Å². The first-order chi connectivity index (χ1) is 25.0. The van der Waals surface area contributed by atoms with Gasteiger partial charge < -0.3 is 14.6 Å². The van der Waals surface area contributed by atoms with Crippen molar-refractivity contribution < 1.29 is 8.83 Å². The first-order valence-corrected chi connectivity index (χ1v) is 17.4. The minimum absolute atomic E-state index is 0.439. The molecule has 4 N–H and O–H groups in total. The zero-order valence-corrected chi connectivity index (χ0v) is 28.3. The minimum Gasteiger partial charge on any atom is -0.456 e. The van der Waals surface area contributed by atoms with Crippen molar-refractivity contribution in [2.45, 2.75) is 25.3 Å². The highest BCUT2D eigenvalue weighted by Gasteiger charge is 2.30. The molecule has 0 aliphatic carbocycles. The fourth-order valence-corrected chi connectivity index (χ4v) is 7.34. The van der Waals surface area contributed by atoms with E-state index >= 15 is 0 Å². The molecule has 5 heteroatoms. The molecule has 0 radical (unpaired) electrons. The second-order valence-corrected chi connectivity index (χ2v) is 13.3. The van der Waals surface area contributed by atoms with E-state index in [0.29, 0.717) is 6.54 Å². The van der Waals surface area contributed by atoms with E-state index in [-0.39, 0.29) is 0 Å². The van der Waals surface area contributed by atoms with E-state index in [1.165, 1.54) is 11.1 Å². The molecule has 5 nitrogen and oxygen atoms in total. The largest absolute Gasteiger partial charge is 0.456 e. The lowest BCUT2D eigenvalue weighted by molar-refractivity contribution is 0.252. The number of nitrogens with two attached hydrogens (primary N) is 1. The number of hydrogen-bond donors (Lipinski definition) is 3. The van der Waals surface area contributed by atoms with Crippen molar-refractivity contribution in [3.63, 3.8) is 0 Å². The first-order valence-electron chi connectivity index (χ1n) is 17.4. The van der Waals surface area contributed by atoms with E-state index in [1.807, 2.05) is 30.3 Å². The fraction of sp³-hybridized carbons (Fsp3) is 0.0870. The highest BCUT2D eigenvalue weighted by molar-refractivity contribution is 6.17. The second-order valence-electron chi connectivity index (χ2n) is 13.3. The Hall–Kier alpha value is -5.98. The summed E-state index contributed by atoms with van der Waals surface area (Å²) in [5.74, 6) is 0. The molecule has 0 amide bonds. The van der Waals surface area contributed by atoms with Crippen LogP contribution in [0.15, 0.2) is 173 Å². The summed E-state index contributed by atoms with van der Waals surface area (Å²) >= 11 is 0. The number of fused-ring (bicyclic) bond motifs is 6. The van der Waals surface area contributed by atoms with Crippen LogP contribution in [0, 0.1) is 0 Å². The third-order valence-corrected chi connectivity index (χ3v) is 10.1. The molecule has 0 saturated heterocycles. The summed E-state index contributed by atoms with van der Waals surface area (Å²) in [4.78, 5) is 0. The quantitative estimate of drug-likeness (QED) is 0.134. The number of nitrogens with one attached hydrogen (secondary N) is 2. The third-order valence-electron chi connectivity index (χ3n) is 10.1. The highest BCUT2D eigenvalue weighted by atomic mass is 16.3. The molecule has 0 bridgehead atoms. The van der Waals surface area contributed by atoms with Crippen LogP contribution in [0.2, 0.25) is 0 Å². The molecule has 51 heavy (non-hydrogen) atoms. The van der Waals surface area contributed by atoms with Crippen LogP contribution in [0.4, 0.5) is 0 Å². The molecule has 2 unspecified atom stereocenters. The van der Waals surface area contributed by atoms with Gasteiger partial charge >= 0.3 is 0 Å². The van der Waals surface area contributed by atoms with Crippen LogP contribution in [0.1, 0.15) is 29.8 Å². The van der Waals surface area contributed by atoms with Gasteiger partial charge in [0, 0.05) is 33.7 Å². The van der Waals surface area contributed by atoms with Crippen LogP contribution >= 0.6 is 0 Å². The molecule has 0 aliphatic rings. The van der Waals surface area contributed by atoms with Crippen molar-refractivity contribution >= 4 is 43.9 Å². The maximum Gasteiger partial charge on any atom is 0.143 e. The second kappa shape index (κ2) is 12.7. The summed E-state index contributed by atoms with van der Waals surface area (Å²) in [6.07, 6.45) is -0.439. The van der Waals surface area contributed by atoms with Crippen molar-refractivity contribution in [1.82, 2.24) is 10.6 Å². The Balaban J connectivity index is 1.10. The smallest absolute Gasteiger partial charge is 0.143 e. The Morgan fingerprint density at radius 3 is 2.06 bits per heavy atom. The lowest BCUT2D eigenvalue weighted by Gasteiger charge is -2.36. The molecule has 0 spiro atoms. The van der Waals surface area contributed by atoms with Gasteiger partial charge in [0.15, 0.2) is 0 Å². The van der Waals surface area contributed by atoms with E-state index in [0.717, 1.165) is 71.7 Å². The van der Waals surface area contributed by atoms with Crippen molar-refractivity contribution in [3.8, 4) is 22.3 Å². The van der Waals surface area contributed by atoms with Gasteiger partial charge in [-0.1, -0.05) is 146 Å². The standard InChI is InChI=1S/C46H37N3O2/c1-46(48-29-30-12-4-2-5-13-30,49-45(47)33-24-22-32(23-25-33)31-14-6-3-7-15-31)34-26-27-39-42(28-34)50-41-21-11-17-36(43(39)41)38-19-10-18-37-35-16-8-9-20-40(35)51-44(37)38/h2-28,45,48-49H,29,47H2,1H3. The van der Waals surface area contributed by atoms with Gasteiger partial charge in [-0.2, -0.15) is 0 Å². The van der Waals surface area contributed by atoms with Gasteiger partial charge in [0.25, 0.3) is 0 Å². The van der Waals surface area contributed by atoms with Crippen molar-refractivity contribution in [3.05, 3.63) is 180 Å². The Labute approximate surface area is 296 Å². The average molecular weight is 664 g/mol. The van der Waals surface area contributed by atoms with Gasteiger partial charge in [0.1, 0.15) is 22.3 Å². The topological polar surface area (TPSA) is 76.4 Å². The minimum atomic E-state index is -0.705. The molecule has 7 aromatic carbocycles. The lowest BCUT2D eigenvalue weighted by Crippen LogP contribution is -2.54. The van der Waals surface area contributed by atoms with Crippen LogP contribution in [-0.2, 0) is 12.2 Å². The number of para-hydroxylation sites is 2. The van der Waals surface area contributed by atoms with Crippen LogP contribution in [0.25, 0.3) is 66.1 Å². The monoisotopic (exact) mass is 663 g/mol. The molecule has 0 saturated carbocycles. The average Bonchev–Trinajstić information content (AvgIpc) is 3.76. The highest BCUT2D eigenvalue weighted by Crippen LogP contribution is 2.42. The van der Waals surface area contributed by atoms with Gasteiger partial charge in [-0.25, -0.2) is 0 Å². The normalized spacial score (nSPS) is 13.6. The SMILES string of the molecule is CC(NCc1ccccc1)(NC(N)c1ccc(-c2ccccc2)cc1)c1ccc2c(c1)oc1cccc(-c3cccc4c3oc3ccccc34)c12. The Kier molecular flexibility index (Phi) is 7.74. The third kappa shape index (κ3) is 5.68. The van der Waals surface area contributed by atoms with E-state index in [2.05, 4.69) is 151 Å². The molecule has 0 fully saturated rings. The summed E-state index contributed by atoms with van der Waals surface area (Å²) in [5, 5.41) is 11.9. The van der Waals surface area contributed by atoms with E-state index in [1.54, 1.807) is 0 Å². The predicted octanol–water partition coefficient (Wildman–Crippen LogP) is 11.0. The molecule has 9 rings (SSSR count). The zero-order chi connectivity index (χ0) is 34.4. The molecule has 2 heterocycles. The number of rotatable bonds is 9. The molecular weight excluding hydrogens is 627 g/mol. The molecule has 9 aromatic rings. The van der Waals surface area contributed by atoms with Crippen LogP contribution in [-0.4, -0.2) is 0 Å². The van der Waals surface area contributed by atoms with Gasteiger partial charge in [-0.3, -0.25) is 10.6 Å². The Morgan fingerprint density at radius 2 is 1.24 bits per heavy atom. The van der Waals surface area contributed by atoms with E-state index in [9.17, 15) is 0 Å². The predicted molar refractivity (Wildman–Crippen MR) is 209 cm³/mol. The van der Waals surface area contributed by atoms with Crippen molar-refractivity contribution in [2.24, 2.45) is 5.73 Å². The lowest BCUT2D eigenvalue weighted by atomic mass is 9.95. The fourth-order valence-electron chi connectivity index (χ4n) is 7.34. The van der Waals surface area contributed by atoms with Crippen molar-refractivity contribution in [2.75, 3.05) is 0 Å². The maximum absolute atomic E-state index is 6.92. The molecule has 248 valence electrons. The number of hydrogen-bond acceptors (Lipinski definition) is 5. The van der Waals surface area contributed by atoms with Gasteiger partial charge in [0.05, 0.1) is 11.8 Å². The summed E-state index contributed by atoms with van der Waals surface area (Å²) < 4.78 is 13.1. The molecule has 2 aromatic heterocycles. The van der Waals surface area contributed by atoms with Crippen LogP contribution in [0.3, 0.4) is 0 Å². The first kappa shape index (κ1) is 31.0.